The number of benzene rings is 1. The predicted octanol–water partition coefficient (Wildman–Crippen LogP) is 6.62. The Morgan fingerprint density at radius 3 is 1.81 bits per heavy atom. The average molecular weight is 375 g/mol. The number of rotatable bonds is 1. The molecule has 0 atom stereocenters. The Balaban J connectivity index is 2.51. The fraction of sp³-hybridized carbons (Fsp3) is 0.652. The Kier molecular flexibility index (Phi) is 4.27. The van der Waals surface area contributed by atoms with Gasteiger partial charge in [-0.05, 0) is 29.9 Å². The minimum absolute atomic E-state index is 0.304. The lowest BCUT2D eigenvalue weighted by atomic mass is 9.79. The number of hydrogen-bond acceptors (Lipinski definition) is 2. The van der Waals surface area contributed by atoms with Gasteiger partial charge in [0.05, 0.1) is 5.69 Å². The van der Waals surface area contributed by atoms with E-state index in [4.69, 9.17) is 4.98 Å². The zero-order chi connectivity index (χ0) is 20.6. The summed E-state index contributed by atoms with van der Waals surface area (Å²) < 4.78 is 31.1. The summed E-state index contributed by atoms with van der Waals surface area (Å²) in [4.78, 5) is 9.45. The van der Waals surface area contributed by atoms with Gasteiger partial charge in [-0.2, -0.15) is 0 Å². The second-order valence-electron chi connectivity index (χ2n) is 11.1. The third-order valence-electron chi connectivity index (χ3n) is 5.23. The molecule has 0 N–H and O–H groups in total. The van der Waals surface area contributed by atoms with E-state index in [-0.39, 0.29) is 10.8 Å². The maximum atomic E-state index is 15.9. The van der Waals surface area contributed by atoms with Gasteiger partial charge in [-0.15, -0.1) is 0 Å². The first-order valence-electron chi connectivity index (χ1n) is 9.81. The van der Waals surface area contributed by atoms with E-state index >= 15 is 8.78 Å². The van der Waals surface area contributed by atoms with Gasteiger partial charge in [-0.25, -0.2) is 18.7 Å². The molecule has 2 nitrogen and oxygen atoms in total. The van der Waals surface area contributed by atoms with Crippen molar-refractivity contribution in [2.24, 2.45) is 0 Å². The van der Waals surface area contributed by atoms with Gasteiger partial charge in [0.25, 0.3) is 0 Å². The standard InChI is InChI=1S/C23H32F2N2/c1-20(2,3)15-14(23(25)10-11-23)12-13-17(16(15)24)26-19(22(7,8)9)27-18(13)21(4,5)6/h12H,10-11H2,1-9H3. The Bertz CT molecular complexity index is 905. The first kappa shape index (κ1) is 20.2. The molecule has 1 aliphatic rings. The van der Waals surface area contributed by atoms with Crippen molar-refractivity contribution < 1.29 is 8.78 Å². The monoisotopic (exact) mass is 374 g/mol. The molecule has 1 aromatic carbocycles. The number of alkyl halides is 1. The molecule has 0 radical (unpaired) electrons. The van der Waals surface area contributed by atoms with Gasteiger partial charge in [0, 0.05) is 21.8 Å². The van der Waals surface area contributed by atoms with E-state index in [9.17, 15) is 0 Å². The summed E-state index contributed by atoms with van der Waals surface area (Å²) in [7, 11) is 0. The van der Waals surface area contributed by atoms with Crippen molar-refractivity contribution in [1.82, 2.24) is 9.97 Å². The first-order chi connectivity index (χ1) is 12.1. The van der Waals surface area contributed by atoms with Crippen molar-refractivity contribution in [3.8, 4) is 0 Å². The Morgan fingerprint density at radius 1 is 0.852 bits per heavy atom. The lowest BCUT2D eigenvalue weighted by Gasteiger charge is -2.29. The van der Waals surface area contributed by atoms with Gasteiger partial charge in [0.2, 0.25) is 0 Å². The molecular weight excluding hydrogens is 342 g/mol. The number of fused-ring (bicyclic) bond motifs is 1. The number of hydrogen-bond donors (Lipinski definition) is 0. The molecule has 4 heteroatoms. The first-order valence-corrected chi connectivity index (χ1v) is 9.81. The molecule has 3 rings (SSSR count). The Morgan fingerprint density at radius 2 is 1.41 bits per heavy atom. The molecule has 148 valence electrons. The molecule has 0 amide bonds. The van der Waals surface area contributed by atoms with Crippen LogP contribution in [0.2, 0.25) is 0 Å². The smallest absolute Gasteiger partial charge is 0.153 e. The third-order valence-corrected chi connectivity index (χ3v) is 5.23. The Hall–Kier alpha value is -1.58. The zero-order valence-corrected chi connectivity index (χ0v) is 18.1. The predicted molar refractivity (Wildman–Crippen MR) is 108 cm³/mol. The molecule has 1 fully saturated rings. The van der Waals surface area contributed by atoms with Gasteiger partial charge in [0.15, 0.2) is 5.82 Å². The summed E-state index contributed by atoms with van der Waals surface area (Å²) in [6.07, 6.45) is 0.902. The molecule has 1 heterocycles. The number of nitrogens with zero attached hydrogens (tertiary/aromatic N) is 2. The summed E-state index contributed by atoms with van der Waals surface area (Å²) in [6, 6.07) is 1.83. The van der Waals surface area contributed by atoms with Gasteiger partial charge in [-0.3, -0.25) is 0 Å². The quantitative estimate of drug-likeness (QED) is 0.560. The van der Waals surface area contributed by atoms with E-state index in [1.165, 1.54) is 0 Å². The van der Waals surface area contributed by atoms with Crippen LogP contribution in [0, 0.1) is 5.82 Å². The average Bonchev–Trinajstić information content (AvgIpc) is 3.21. The van der Waals surface area contributed by atoms with E-state index in [0.717, 1.165) is 5.69 Å². The number of halogens is 2. The maximum Gasteiger partial charge on any atom is 0.153 e. The van der Waals surface area contributed by atoms with Gasteiger partial charge in [-0.1, -0.05) is 62.3 Å². The van der Waals surface area contributed by atoms with Crippen molar-refractivity contribution in [1.29, 1.82) is 0 Å². The van der Waals surface area contributed by atoms with Crippen LogP contribution >= 0.6 is 0 Å². The largest absolute Gasteiger partial charge is 0.239 e. The van der Waals surface area contributed by atoms with Crippen LogP contribution < -0.4 is 0 Å². The van der Waals surface area contributed by atoms with Crippen LogP contribution in [0.5, 0.6) is 0 Å². The van der Waals surface area contributed by atoms with E-state index in [2.05, 4.69) is 25.8 Å². The molecule has 27 heavy (non-hydrogen) atoms. The van der Waals surface area contributed by atoms with Crippen LogP contribution in [0.3, 0.4) is 0 Å². The molecular formula is C23H32F2N2. The Labute approximate surface area is 161 Å². The molecule has 2 aromatic rings. The minimum atomic E-state index is -1.42. The van der Waals surface area contributed by atoms with E-state index in [0.29, 0.717) is 40.7 Å². The number of aromatic nitrogens is 2. The lowest BCUT2D eigenvalue weighted by Crippen LogP contribution is -2.25. The SMILES string of the molecule is CC(C)(C)c1nc(C(C)(C)C)c2cc(C3(F)CC3)c(C(C)(C)C)c(F)c2n1. The second kappa shape index (κ2) is 5.71. The molecule has 0 aliphatic heterocycles. The van der Waals surface area contributed by atoms with Gasteiger partial charge >= 0.3 is 0 Å². The highest BCUT2D eigenvalue weighted by molar-refractivity contribution is 5.85. The molecule has 0 saturated heterocycles. The normalized spacial score (nSPS) is 17.4. The topological polar surface area (TPSA) is 25.8 Å². The fourth-order valence-corrected chi connectivity index (χ4v) is 3.60. The lowest BCUT2D eigenvalue weighted by molar-refractivity contribution is 0.309. The molecule has 0 unspecified atom stereocenters. The summed E-state index contributed by atoms with van der Waals surface area (Å²) >= 11 is 0. The highest BCUT2D eigenvalue weighted by Gasteiger charge is 2.49. The van der Waals surface area contributed by atoms with Crippen LogP contribution in [-0.2, 0) is 21.9 Å². The van der Waals surface area contributed by atoms with Gasteiger partial charge < -0.3 is 0 Å². The van der Waals surface area contributed by atoms with Crippen molar-refractivity contribution in [2.45, 2.75) is 97.1 Å². The summed E-state index contributed by atoms with van der Waals surface area (Å²) in [6.45, 7) is 18.0. The maximum absolute atomic E-state index is 15.9. The highest BCUT2D eigenvalue weighted by Crippen LogP contribution is 2.54. The van der Waals surface area contributed by atoms with Crippen molar-refractivity contribution in [3.63, 3.8) is 0 Å². The summed E-state index contributed by atoms with van der Waals surface area (Å²) in [5.74, 6) is 0.227. The molecule has 1 aromatic heterocycles. The van der Waals surface area contributed by atoms with E-state index < -0.39 is 16.9 Å². The van der Waals surface area contributed by atoms with Crippen LogP contribution in [0.15, 0.2) is 6.07 Å². The van der Waals surface area contributed by atoms with Crippen LogP contribution in [0.25, 0.3) is 10.9 Å². The van der Waals surface area contributed by atoms with Crippen molar-refractivity contribution >= 4 is 10.9 Å². The second-order valence-corrected chi connectivity index (χ2v) is 11.1. The van der Waals surface area contributed by atoms with E-state index in [1.54, 1.807) is 0 Å². The fourth-order valence-electron chi connectivity index (χ4n) is 3.60. The third kappa shape index (κ3) is 3.48. The van der Waals surface area contributed by atoms with Crippen molar-refractivity contribution in [2.75, 3.05) is 0 Å². The molecule has 1 saturated carbocycles. The summed E-state index contributed by atoms with van der Waals surface area (Å²) in [5, 5.41) is 0.639. The molecule has 1 aliphatic carbocycles. The van der Waals surface area contributed by atoms with Crippen LogP contribution in [0.1, 0.15) is 97.8 Å². The summed E-state index contributed by atoms with van der Waals surface area (Å²) in [5.41, 5.74) is -0.509. The molecule has 0 spiro atoms. The van der Waals surface area contributed by atoms with Crippen molar-refractivity contribution in [3.05, 3.63) is 34.5 Å². The zero-order valence-electron chi connectivity index (χ0n) is 18.1. The van der Waals surface area contributed by atoms with Crippen LogP contribution in [-0.4, -0.2) is 9.97 Å². The molecule has 0 bridgehead atoms. The highest BCUT2D eigenvalue weighted by atomic mass is 19.1. The van der Waals surface area contributed by atoms with E-state index in [1.807, 2.05) is 47.6 Å². The minimum Gasteiger partial charge on any atom is -0.239 e. The van der Waals surface area contributed by atoms with Gasteiger partial charge in [0.1, 0.15) is 17.0 Å². The van der Waals surface area contributed by atoms with Crippen LogP contribution in [0.4, 0.5) is 8.78 Å².